The Kier molecular flexibility index (Phi) is 8.00. The van der Waals surface area contributed by atoms with Crippen molar-refractivity contribution >= 4 is 17.2 Å². The maximum atomic E-state index is 13.1. The van der Waals surface area contributed by atoms with E-state index < -0.39 is 0 Å². The fourth-order valence-electron chi connectivity index (χ4n) is 5.04. The summed E-state index contributed by atoms with van der Waals surface area (Å²) < 4.78 is 12.2. The summed E-state index contributed by atoms with van der Waals surface area (Å²) in [5.41, 5.74) is 5.52. The highest BCUT2D eigenvalue weighted by molar-refractivity contribution is 6.01. The van der Waals surface area contributed by atoms with Crippen LogP contribution in [0.1, 0.15) is 63.0 Å². The Morgan fingerprint density at radius 2 is 1.69 bits per heavy atom. The molecule has 5 nitrogen and oxygen atoms in total. The molecule has 0 aromatic heterocycles. The first-order valence-electron chi connectivity index (χ1n) is 13.2. The van der Waals surface area contributed by atoms with Crippen molar-refractivity contribution < 1.29 is 14.3 Å². The van der Waals surface area contributed by atoms with Crippen LogP contribution in [0.3, 0.4) is 0 Å². The number of hydrogen-bond acceptors (Lipinski definition) is 5. The van der Waals surface area contributed by atoms with Crippen LogP contribution in [0.4, 0.5) is 5.69 Å². The lowest BCUT2D eigenvalue weighted by Gasteiger charge is -2.33. The van der Waals surface area contributed by atoms with E-state index in [1.54, 1.807) is 0 Å². The van der Waals surface area contributed by atoms with Gasteiger partial charge in [0.05, 0.1) is 17.7 Å². The van der Waals surface area contributed by atoms with E-state index in [-0.39, 0.29) is 18.1 Å². The molecule has 5 heteroatoms. The first-order chi connectivity index (χ1) is 17.4. The summed E-state index contributed by atoms with van der Waals surface area (Å²) in [6, 6.07) is 14.3. The van der Waals surface area contributed by atoms with Gasteiger partial charge in [0.1, 0.15) is 11.5 Å². The second-order valence-corrected chi connectivity index (χ2v) is 9.34. The van der Waals surface area contributed by atoms with Gasteiger partial charge in [-0.25, -0.2) is 4.79 Å². The maximum Gasteiger partial charge on any atom is 0.339 e. The second-order valence-electron chi connectivity index (χ2n) is 9.34. The molecule has 0 saturated carbocycles. The molecule has 36 heavy (non-hydrogen) atoms. The summed E-state index contributed by atoms with van der Waals surface area (Å²) in [7, 11) is 0. The highest BCUT2D eigenvalue weighted by atomic mass is 16.5. The van der Waals surface area contributed by atoms with Crippen LogP contribution in [-0.4, -0.2) is 49.2 Å². The minimum absolute atomic E-state index is 0.161. The summed E-state index contributed by atoms with van der Waals surface area (Å²) >= 11 is 0. The number of likely N-dealkylation sites (N-methyl/N-ethyl adjacent to an activating group) is 1. The molecule has 1 unspecified atom stereocenters. The van der Waals surface area contributed by atoms with Crippen molar-refractivity contribution in [2.24, 2.45) is 0 Å². The predicted molar refractivity (Wildman–Crippen MR) is 148 cm³/mol. The fourth-order valence-corrected chi connectivity index (χ4v) is 5.04. The van der Waals surface area contributed by atoms with Gasteiger partial charge in [0.15, 0.2) is 0 Å². The zero-order valence-electron chi connectivity index (χ0n) is 22.4. The summed E-state index contributed by atoms with van der Waals surface area (Å²) in [5, 5.41) is 0. The minimum atomic E-state index is -0.312. The Morgan fingerprint density at radius 3 is 2.36 bits per heavy atom. The van der Waals surface area contributed by atoms with Gasteiger partial charge in [0.25, 0.3) is 0 Å². The van der Waals surface area contributed by atoms with Crippen molar-refractivity contribution in [2.75, 3.05) is 31.1 Å². The number of hydrogen-bond donors (Lipinski definition) is 0. The lowest BCUT2D eigenvalue weighted by Crippen LogP contribution is -2.34. The number of allylic oxidation sites excluding steroid dienone is 1. The van der Waals surface area contributed by atoms with Crippen molar-refractivity contribution in [3.63, 3.8) is 0 Å². The quantitative estimate of drug-likeness (QED) is 0.381. The SMILES string of the molecule is CCN(CC)c1ccc2c(c1)OC1=CC(N(CC)CC)C=CC1=C2c1ccccc1C(=O)OC(C)C. The van der Waals surface area contributed by atoms with E-state index in [4.69, 9.17) is 9.47 Å². The molecule has 0 fully saturated rings. The normalized spacial score (nSPS) is 16.4. The Morgan fingerprint density at radius 1 is 0.972 bits per heavy atom. The molecule has 1 atom stereocenters. The van der Waals surface area contributed by atoms with Crippen molar-refractivity contribution in [3.05, 3.63) is 88.7 Å². The molecule has 0 spiro atoms. The fraction of sp³-hybridized carbons (Fsp3) is 0.387. The zero-order valence-corrected chi connectivity index (χ0v) is 22.4. The molecule has 0 amide bonds. The number of carbonyl (C=O) groups excluding carboxylic acids is 1. The van der Waals surface area contributed by atoms with Gasteiger partial charge in [-0.05, 0) is 70.6 Å². The maximum absolute atomic E-state index is 13.1. The Hall–Kier alpha value is -3.31. The van der Waals surface area contributed by atoms with E-state index in [9.17, 15) is 4.79 Å². The van der Waals surface area contributed by atoms with E-state index in [0.29, 0.717) is 5.56 Å². The molecular weight excluding hydrogens is 448 g/mol. The molecule has 190 valence electrons. The number of nitrogens with zero attached hydrogens (tertiary/aromatic N) is 2. The van der Waals surface area contributed by atoms with Gasteiger partial charge in [0, 0.05) is 41.6 Å². The lowest BCUT2D eigenvalue weighted by atomic mass is 9.85. The number of fused-ring (bicyclic) bond motifs is 2. The van der Waals surface area contributed by atoms with Crippen LogP contribution >= 0.6 is 0 Å². The largest absolute Gasteiger partial charge is 0.459 e. The van der Waals surface area contributed by atoms with Gasteiger partial charge in [-0.2, -0.15) is 0 Å². The molecule has 2 aromatic rings. The molecule has 0 saturated heterocycles. The molecular formula is C31H38N2O3. The Balaban J connectivity index is 1.92. The summed E-state index contributed by atoms with van der Waals surface area (Å²) in [6.45, 7) is 16.2. The van der Waals surface area contributed by atoms with Gasteiger partial charge < -0.3 is 14.4 Å². The number of esters is 1. The smallest absolute Gasteiger partial charge is 0.339 e. The third-order valence-corrected chi connectivity index (χ3v) is 6.89. The van der Waals surface area contributed by atoms with Crippen LogP contribution < -0.4 is 9.64 Å². The van der Waals surface area contributed by atoms with Gasteiger partial charge in [-0.15, -0.1) is 0 Å². The molecule has 1 aliphatic heterocycles. The van der Waals surface area contributed by atoms with Crippen molar-refractivity contribution in [1.82, 2.24) is 4.90 Å². The van der Waals surface area contributed by atoms with Crippen LogP contribution in [0, 0.1) is 0 Å². The van der Waals surface area contributed by atoms with Crippen LogP contribution in [0.15, 0.2) is 72.0 Å². The Bertz CT molecular complexity index is 1200. The molecule has 1 heterocycles. The van der Waals surface area contributed by atoms with Crippen molar-refractivity contribution in [2.45, 2.75) is 53.7 Å². The molecule has 0 N–H and O–H groups in total. The monoisotopic (exact) mass is 486 g/mol. The van der Waals surface area contributed by atoms with E-state index in [1.165, 1.54) is 0 Å². The van der Waals surface area contributed by atoms with Crippen LogP contribution in [0.5, 0.6) is 5.75 Å². The van der Waals surface area contributed by atoms with Crippen LogP contribution in [0.2, 0.25) is 0 Å². The molecule has 2 aromatic carbocycles. The molecule has 4 rings (SSSR count). The Labute approximate surface area is 215 Å². The molecule has 0 bridgehead atoms. The average molecular weight is 487 g/mol. The van der Waals surface area contributed by atoms with Gasteiger partial charge in [-0.3, -0.25) is 4.90 Å². The van der Waals surface area contributed by atoms with E-state index >= 15 is 0 Å². The van der Waals surface area contributed by atoms with E-state index in [2.05, 4.69) is 73.9 Å². The number of rotatable bonds is 9. The van der Waals surface area contributed by atoms with Gasteiger partial charge in [0.2, 0.25) is 0 Å². The molecule has 1 aliphatic carbocycles. The number of benzene rings is 2. The summed E-state index contributed by atoms with van der Waals surface area (Å²) in [4.78, 5) is 17.8. The topological polar surface area (TPSA) is 42.0 Å². The van der Waals surface area contributed by atoms with Crippen LogP contribution in [0.25, 0.3) is 5.57 Å². The number of carbonyl (C=O) groups is 1. The van der Waals surface area contributed by atoms with E-state index in [1.807, 2.05) is 38.1 Å². The average Bonchev–Trinajstić information content (AvgIpc) is 2.88. The highest BCUT2D eigenvalue weighted by Crippen LogP contribution is 2.45. The highest BCUT2D eigenvalue weighted by Gasteiger charge is 2.31. The number of anilines is 1. The predicted octanol–water partition coefficient (Wildman–Crippen LogP) is 6.46. The summed E-state index contributed by atoms with van der Waals surface area (Å²) in [6.07, 6.45) is 6.38. The van der Waals surface area contributed by atoms with Gasteiger partial charge >= 0.3 is 5.97 Å². The molecule has 0 radical (unpaired) electrons. The van der Waals surface area contributed by atoms with Crippen molar-refractivity contribution in [3.8, 4) is 5.75 Å². The first kappa shape index (κ1) is 25.8. The lowest BCUT2D eigenvalue weighted by molar-refractivity contribution is 0.0377. The summed E-state index contributed by atoms with van der Waals surface area (Å²) in [5.74, 6) is 1.33. The van der Waals surface area contributed by atoms with E-state index in [0.717, 1.165) is 65.6 Å². The molecule has 2 aliphatic rings. The zero-order chi connectivity index (χ0) is 25.8. The minimum Gasteiger partial charge on any atom is -0.459 e. The standard InChI is InChI=1S/C31H38N2O3/c1-7-32(8-2)22-15-17-26-28(19-22)36-29-20-23(33(9-3)10-4)16-18-27(29)30(26)24-13-11-12-14-25(24)31(34)35-21(5)6/h11-22H,7-10H2,1-6H3. The first-order valence-corrected chi connectivity index (χ1v) is 13.2. The third kappa shape index (κ3) is 4.98. The third-order valence-electron chi connectivity index (χ3n) is 6.89. The van der Waals surface area contributed by atoms with Crippen LogP contribution in [-0.2, 0) is 4.74 Å². The second kappa shape index (κ2) is 11.2. The van der Waals surface area contributed by atoms with Crippen molar-refractivity contribution in [1.29, 1.82) is 0 Å². The van der Waals surface area contributed by atoms with Gasteiger partial charge in [-0.1, -0.05) is 44.2 Å². The number of ether oxygens (including phenoxy) is 2.